The van der Waals surface area contributed by atoms with Gasteiger partial charge < -0.3 is 10.5 Å². The van der Waals surface area contributed by atoms with Gasteiger partial charge in [0.15, 0.2) is 0 Å². The number of hydrogen-bond donors (Lipinski definition) is 1. The maximum Gasteiger partial charge on any atom is 0.410 e. The van der Waals surface area contributed by atoms with E-state index in [2.05, 4.69) is 0 Å². The van der Waals surface area contributed by atoms with E-state index in [4.69, 9.17) is 10.5 Å². The molecule has 1 aliphatic heterocycles. The minimum Gasteiger partial charge on any atom is -0.449 e. The molecule has 0 aliphatic carbocycles. The maximum atomic E-state index is 11.2. The Balaban J connectivity index is 2.79. The lowest BCUT2D eigenvalue weighted by atomic mass is 10.0. The maximum absolute atomic E-state index is 11.2. The average molecular weight is 186 g/mol. The van der Waals surface area contributed by atoms with E-state index in [1.807, 2.05) is 0 Å². The molecule has 0 bridgehead atoms. The number of carbonyl (C=O) groups excluding carboxylic acids is 2. The second-order valence-corrected chi connectivity index (χ2v) is 3.54. The molecule has 1 saturated heterocycles. The Morgan fingerprint density at radius 2 is 2.23 bits per heavy atom. The quantitative estimate of drug-likeness (QED) is 0.664. The summed E-state index contributed by atoms with van der Waals surface area (Å²) >= 11 is 0. The van der Waals surface area contributed by atoms with E-state index >= 15 is 0 Å². The van der Waals surface area contributed by atoms with Crippen LogP contribution in [0.2, 0.25) is 0 Å². The van der Waals surface area contributed by atoms with Crippen molar-refractivity contribution in [2.45, 2.75) is 25.8 Å². The zero-order valence-electron chi connectivity index (χ0n) is 7.87. The predicted molar refractivity (Wildman–Crippen MR) is 45.9 cm³/mol. The van der Waals surface area contributed by atoms with Gasteiger partial charge in [-0.15, -0.1) is 0 Å². The third-order valence-electron chi connectivity index (χ3n) is 2.25. The molecule has 1 aliphatic rings. The van der Waals surface area contributed by atoms with Crippen LogP contribution in [0.4, 0.5) is 4.79 Å². The highest BCUT2D eigenvalue weighted by Crippen LogP contribution is 2.18. The summed E-state index contributed by atoms with van der Waals surface area (Å²) in [6.45, 7) is 4.17. The van der Waals surface area contributed by atoms with Gasteiger partial charge in [0.05, 0.1) is 6.61 Å². The van der Waals surface area contributed by atoms with Crippen molar-refractivity contribution < 1.29 is 14.3 Å². The summed E-state index contributed by atoms with van der Waals surface area (Å²) in [5, 5.41) is 0. The van der Waals surface area contributed by atoms with Crippen molar-refractivity contribution in [3.63, 3.8) is 0 Å². The van der Waals surface area contributed by atoms with Crippen LogP contribution >= 0.6 is 0 Å². The normalized spacial score (nSPS) is 18.3. The van der Waals surface area contributed by atoms with Gasteiger partial charge in [-0.25, -0.2) is 4.79 Å². The number of ether oxygens (including phenoxy) is 1. The summed E-state index contributed by atoms with van der Waals surface area (Å²) in [6, 6.07) is 0. The van der Waals surface area contributed by atoms with Crippen LogP contribution in [0.5, 0.6) is 0 Å². The third-order valence-corrected chi connectivity index (χ3v) is 2.25. The summed E-state index contributed by atoms with van der Waals surface area (Å²) < 4.78 is 4.81. The SMILES string of the molecule is CC(C)(C(N)=O)N1CCCOC1=O. The van der Waals surface area contributed by atoms with Gasteiger partial charge in [0.25, 0.3) is 0 Å². The Kier molecular flexibility index (Phi) is 2.45. The number of rotatable bonds is 2. The number of nitrogens with zero attached hydrogens (tertiary/aromatic N) is 1. The third kappa shape index (κ3) is 1.74. The standard InChI is InChI=1S/C8H14N2O3/c1-8(2,6(9)11)10-4-3-5-13-7(10)12/h3-5H2,1-2H3,(H2,9,11). The zero-order chi connectivity index (χ0) is 10.1. The molecule has 1 heterocycles. The van der Waals surface area contributed by atoms with Crippen molar-refractivity contribution in [1.82, 2.24) is 4.90 Å². The number of amides is 2. The summed E-state index contributed by atoms with van der Waals surface area (Å²) in [7, 11) is 0. The van der Waals surface area contributed by atoms with Gasteiger partial charge in [-0.05, 0) is 20.3 Å². The van der Waals surface area contributed by atoms with Crippen LogP contribution < -0.4 is 5.73 Å². The van der Waals surface area contributed by atoms with Crippen molar-refractivity contribution >= 4 is 12.0 Å². The van der Waals surface area contributed by atoms with Crippen molar-refractivity contribution in [1.29, 1.82) is 0 Å². The first kappa shape index (κ1) is 9.83. The summed E-state index contributed by atoms with van der Waals surface area (Å²) in [5.41, 5.74) is 4.21. The number of primary amides is 1. The fraction of sp³-hybridized carbons (Fsp3) is 0.750. The molecule has 0 saturated carbocycles. The number of nitrogens with two attached hydrogens (primary N) is 1. The number of cyclic esters (lactones) is 1. The minimum absolute atomic E-state index is 0.421. The molecular formula is C8H14N2O3. The van der Waals surface area contributed by atoms with Crippen LogP contribution in [0.25, 0.3) is 0 Å². The van der Waals surface area contributed by atoms with Crippen LogP contribution in [0.1, 0.15) is 20.3 Å². The Hall–Kier alpha value is -1.26. The molecule has 0 spiro atoms. The Bertz CT molecular complexity index is 238. The van der Waals surface area contributed by atoms with E-state index in [9.17, 15) is 9.59 Å². The summed E-state index contributed by atoms with van der Waals surface area (Å²) in [4.78, 5) is 23.6. The molecule has 0 aromatic carbocycles. The first-order valence-electron chi connectivity index (χ1n) is 4.20. The van der Waals surface area contributed by atoms with Crippen LogP contribution in [-0.4, -0.2) is 35.6 Å². The molecule has 5 heteroatoms. The van der Waals surface area contributed by atoms with Crippen LogP contribution in [-0.2, 0) is 9.53 Å². The van der Waals surface area contributed by atoms with Crippen LogP contribution in [0.3, 0.4) is 0 Å². The van der Waals surface area contributed by atoms with E-state index in [1.165, 1.54) is 4.90 Å². The van der Waals surface area contributed by atoms with Crippen molar-refractivity contribution in [2.75, 3.05) is 13.2 Å². The Morgan fingerprint density at radius 3 is 2.69 bits per heavy atom. The van der Waals surface area contributed by atoms with Gasteiger partial charge in [-0.3, -0.25) is 9.69 Å². The Morgan fingerprint density at radius 1 is 1.62 bits per heavy atom. The van der Waals surface area contributed by atoms with E-state index in [0.717, 1.165) is 6.42 Å². The lowest BCUT2D eigenvalue weighted by molar-refractivity contribution is -0.128. The molecule has 0 aromatic rings. The highest BCUT2D eigenvalue weighted by molar-refractivity contribution is 5.87. The molecule has 2 N–H and O–H groups in total. The number of hydrogen-bond acceptors (Lipinski definition) is 3. The number of carbonyl (C=O) groups is 2. The smallest absolute Gasteiger partial charge is 0.410 e. The van der Waals surface area contributed by atoms with Gasteiger partial charge in [-0.1, -0.05) is 0 Å². The average Bonchev–Trinajstić information content (AvgIpc) is 2.04. The fourth-order valence-electron chi connectivity index (χ4n) is 1.19. The second-order valence-electron chi connectivity index (χ2n) is 3.54. The summed E-state index contributed by atoms with van der Waals surface area (Å²) in [5.74, 6) is -0.522. The van der Waals surface area contributed by atoms with Gasteiger partial charge in [0.2, 0.25) is 5.91 Å². The molecule has 74 valence electrons. The molecule has 5 nitrogen and oxygen atoms in total. The minimum atomic E-state index is -0.961. The first-order chi connectivity index (χ1) is 5.96. The first-order valence-corrected chi connectivity index (χ1v) is 4.20. The van der Waals surface area contributed by atoms with E-state index < -0.39 is 17.5 Å². The van der Waals surface area contributed by atoms with Crippen molar-refractivity contribution in [3.8, 4) is 0 Å². The van der Waals surface area contributed by atoms with Gasteiger partial charge in [0, 0.05) is 6.54 Å². The summed E-state index contributed by atoms with van der Waals surface area (Å²) in [6.07, 6.45) is 0.276. The van der Waals surface area contributed by atoms with Crippen molar-refractivity contribution in [3.05, 3.63) is 0 Å². The molecular weight excluding hydrogens is 172 g/mol. The molecule has 13 heavy (non-hydrogen) atoms. The lowest BCUT2D eigenvalue weighted by Gasteiger charge is -2.37. The van der Waals surface area contributed by atoms with Crippen molar-refractivity contribution in [2.24, 2.45) is 5.73 Å². The molecule has 0 unspecified atom stereocenters. The molecule has 0 radical (unpaired) electrons. The second kappa shape index (κ2) is 3.24. The molecule has 1 fully saturated rings. The topological polar surface area (TPSA) is 72.6 Å². The van der Waals surface area contributed by atoms with E-state index in [1.54, 1.807) is 13.8 Å². The molecule has 1 rings (SSSR count). The molecule has 0 atom stereocenters. The largest absolute Gasteiger partial charge is 0.449 e. The Labute approximate surface area is 76.8 Å². The predicted octanol–water partition coefficient (Wildman–Crippen LogP) is 0.0926. The van der Waals surface area contributed by atoms with Gasteiger partial charge in [0.1, 0.15) is 5.54 Å². The van der Waals surface area contributed by atoms with Gasteiger partial charge in [-0.2, -0.15) is 0 Å². The monoisotopic (exact) mass is 186 g/mol. The van der Waals surface area contributed by atoms with Gasteiger partial charge >= 0.3 is 6.09 Å². The van der Waals surface area contributed by atoms with E-state index in [-0.39, 0.29) is 0 Å². The molecule has 2 amide bonds. The lowest BCUT2D eigenvalue weighted by Crippen LogP contribution is -2.57. The molecule has 0 aromatic heterocycles. The van der Waals surface area contributed by atoms with Crippen LogP contribution in [0, 0.1) is 0 Å². The zero-order valence-corrected chi connectivity index (χ0v) is 7.87. The van der Waals surface area contributed by atoms with Crippen LogP contribution in [0.15, 0.2) is 0 Å². The highest BCUT2D eigenvalue weighted by Gasteiger charge is 2.38. The fourth-order valence-corrected chi connectivity index (χ4v) is 1.19. The van der Waals surface area contributed by atoms with E-state index in [0.29, 0.717) is 13.2 Å². The highest BCUT2D eigenvalue weighted by atomic mass is 16.6.